The topological polar surface area (TPSA) is 47.0 Å². The molecular formula is C15H18ClN3O. The van der Waals surface area contributed by atoms with Gasteiger partial charge in [0, 0.05) is 18.8 Å². The summed E-state index contributed by atoms with van der Waals surface area (Å²) in [5, 5.41) is 3.00. The van der Waals surface area contributed by atoms with Crippen molar-refractivity contribution < 1.29 is 4.74 Å². The van der Waals surface area contributed by atoms with Gasteiger partial charge in [-0.15, -0.1) is 11.6 Å². The highest BCUT2D eigenvalue weighted by Crippen LogP contribution is 2.20. The second-order valence-electron chi connectivity index (χ2n) is 4.33. The Morgan fingerprint density at radius 2 is 2.05 bits per heavy atom. The molecular weight excluding hydrogens is 274 g/mol. The van der Waals surface area contributed by atoms with Gasteiger partial charge in [0.2, 0.25) is 11.8 Å². The largest absolute Gasteiger partial charge is 0.478 e. The van der Waals surface area contributed by atoms with E-state index in [1.807, 2.05) is 30.3 Å². The number of nitrogens with one attached hydrogen (secondary N) is 1. The molecule has 0 saturated heterocycles. The van der Waals surface area contributed by atoms with Gasteiger partial charge in [-0.1, -0.05) is 37.3 Å². The Morgan fingerprint density at radius 1 is 1.25 bits per heavy atom. The molecule has 1 aromatic carbocycles. The first kappa shape index (κ1) is 14.6. The standard InChI is InChI=1S/C15H18ClN3O/c1-2-10-20-14-8-9-17-15(19-14)18-11-13(16)12-6-4-3-5-7-12/h3-9,13H,2,10-11H2,1H3,(H,17,18,19). The van der Waals surface area contributed by atoms with E-state index in [2.05, 4.69) is 22.2 Å². The van der Waals surface area contributed by atoms with Gasteiger partial charge in [-0.3, -0.25) is 0 Å². The van der Waals surface area contributed by atoms with E-state index in [-0.39, 0.29) is 5.38 Å². The van der Waals surface area contributed by atoms with Crippen molar-refractivity contribution in [2.75, 3.05) is 18.5 Å². The van der Waals surface area contributed by atoms with Crippen LogP contribution in [0.1, 0.15) is 24.3 Å². The third kappa shape index (κ3) is 4.38. The van der Waals surface area contributed by atoms with E-state index < -0.39 is 0 Å². The molecule has 20 heavy (non-hydrogen) atoms. The van der Waals surface area contributed by atoms with Crippen LogP contribution in [0.2, 0.25) is 0 Å². The number of benzene rings is 1. The Kier molecular flexibility index (Phi) is 5.62. The zero-order chi connectivity index (χ0) is 14.2. The van der Waals surface area contributed by atoms with Crippen LogP contribution >= 0.6 is 11.6 Å². The summed E-state index contributed by atoms with van der Waals surface area (Å²) in [4.78, 5) is 8.43. The van der Waals surface area contributed by atoms with Gasteiger partial charge in [-0.2, -0.15) is 4.98 Å². The van der Waals surface area contributed by atoms with E-state index in [0.29, 0.717) is 25.0 Å². The molecule has 2 aromatic rings. The lowest BCUT2D eigenvalue weighted by Crippen LogP contribution is -2.11. The third-order valence-electron chi connectivity index (χ3n) is 2.68. The Morgan fingerprint density at radius 3 is 2.80 bits per heavy atom. The molecule has 0 fully saturated rings. The number of alkyl halides is 1. The summed E-state index contributed by atoms with van der Waals surface area (Å²) in [6.45, 7) is 3.26. The molecule has 0 aliphatic heterocycles. The number of hydrogen-bond donors (Lipinski definition) is 1. The first-order valence-electron chi connectivity index (χ1n) is 6.68. The average Bonchev–Trinajstić information content (AvgIpc) is 2.52. The van der Waals surface area contributed by atoms with Crippen LogP contribution in [0.4, 0.5) is 5.95 Å². The monoisotopic (exact) mass is 291 g/mol. The fourth-order valence-electron chi connectivity index (χ4n) is 1.67. The van der Waals surface area contributed by atoms with Crippen molar-refractivity contribution in [3.8, 4) is 5.88 Å². The maximum absolute atomic E-state index is 6.33. The normalized spacial score (nSPS) is 11.9. The van der Waals surface area contributed by atoms with Crippen molar-refractivity contribution in [1.29, 1.82) is 0 Å². The van der Waals surface area contributed by atoms with Gasteiger partial charge in [0.05, 0.1) is 12.0 Å². The first-order valence-corrected chi connectivity index (χ1v) is 7.12. The summed E-state index contributed by atoms with van der Waals surface area (Å²) in [6, 6.07) is 11.7. The minimum Gasteiger partial charge on any atom is -0.478 e. The van der Waals surface area contributed by atoms with Crippen LogP contribution in [-0.2, 0) is 0 Å². The lowest BCUT2D eigenvalue weighted by molar-refractivity contribution is 0.305. The molecule has 0 saturated carbocycles. The molecule has 0 aliphatic rings. The summed E-state index contributed by atoms with van der Waals surface area (Å²) in [5.41, 5.74) is 1.07. The molecule has 0 bridgehead atoms. The molecule has 0 radical (unpaired) electrons. The second kappa shape index (κ2) is 7.70. The van der Waals surface area contributed by atoms with Crippen LogP contribution < -0.4 is 10.1 Å². The van der Waals surface area contributed by atoms with Crippen molar-refractivity contribution in [3.05, 3.63) is 48.2 Å². The minimum absolute atomic E-state index is 0.125. The van der Waals surface area contributed by atoms with Crippen LogP contribution in [0.25, 0.3) is 0 Å². The number of rotatable bonds is 7. The van der Waals surface area contributed by atoms with Crippen LogP contribution in [0.5, 0.6) is 5.88 Å². The molecule has 106 valence electrons. The van der Waals surface area contributed by atoms with Crippen LogP contribution in [0, 0.1) is 0 Å². The van der Waals surface area contributed by atoms with E-state index >= 15 is 0 Å². The molecule has 2 rings (SSSR count). The summed E-state index contributed by atoms with van der Waals surface area (Å²) in [5.74, 6) is 1.11. The number of nitrogens with zero attached hydrogens (tertiary/aromatic N) is 2. The van der Waals surface area contributed by atoms with Crippen LogP contribution in [0.15, 0.2) is 42.6 Å². The maximum Gasteiger partial charge on any atom is 0.226 e. The minimum atomic E-state index is -0.125. The summed E-state index contributed by atoms with van der Waals surface area (Å²) in [7, 11) is 0. The summed E-state index contributed by atoms with van der Waals surface area (Å²) < 4.78 is 5.46. The number of aromatic nitrogens is 2. The van der Waals surface area contributed by atoms with Gasteiger partial charge in [-0.25, -0.2) is 4.98 Å². The van der Waals surface area contributed by atoms with Gasteiger partial charge in [-0.05, 0) is 12.0 Å². The molecule has 1 heterocycles. The lowest BCUT2D eigenvalue weighted by atomic mass is 10.1. The van der Waals surface area contributed by atoms with E-state index in [1.54, 1.807) is 12.3 Å². The molecule has 1 atom stereocenters. The fourth-order valence-corrected chi connectivity index (χ4v) is 1.90. The van der Waals surface area contributed by atoms with E-state index in [0.717, 1.165) is 12.0 Å². The highest BCUT2D eigenvalue weighted by Gasteiger charge is 2.08. The highest BCUT2D eigenvalue weighted by atomic mass is 35.5. The number of ether oxygens (including phenoxy) is 1. The molecule has 5 heteroatoms. The second-order valence-corrected chi connectivity index (χ2v) is 4.85. The maximum atomic E-state index is 6.33. The van der Waals surface area contributed by atoms with Gasteiger partial charge in [0.1, 0.15) is 0 Å². The van der Waals surface area contributed by atoms with Crippen molar-refractivity contribution in [2.45, 2.75) is 18.7 Å². The predicted octanol–water partition coefficient (Wildman–Crippen LogP) is 3.66. The smallest absolute Gasteiger partial charge is 0.226 e. The van der Waals surface area contributed by atoms with E-state index in [4.69, 9.17) is 16.3 Å². The summed E-state index contributed by atoms with van der Waals surface area (Å²) >= 11 is 6.33. The Labute approximate surface area is 124 Å². The molecule has 1 unspecified atom stereocenters. The molecule has 1 N–H and O–H groups in total. The van der Waals surface area contributed by atoms with Crippen molar-refractivity contribution >= 4 is 17.5 Å². The van der Waals surface area contributed by atoms with Crippen molar-refractivity contribution in [2.24, 2.45) is 0 Å². The van der Waals surface area contributed by atoms with Crippen molar-refractivity contribution in [1.82, 2.24) is 9.97 Å². The van der Waals surface area contributed by atoms with E-state index in [1.165, 1.54) is 0 Å². The summed E-state index contributed by atoms with van der Waals surface area (Å²) in [6.07, 6.45) is 2.62. The van der Waals surface area contributed by atoms with Gasteiger partial charge >= 0.3 is 0 Å². The molecule has 4 nitrogen and oxygen atoms in total. The van der Waals surface area contributed by atoms with Gasteiger partial charge in [0.15, 0.2) is 0 Å². The van der Waals surface area contributed by atoms with Crippen LogP contribution in [-0.4, -0.2) is 23.1 Å². The van der Waals surface area contributed by atoms with Gasteiger partial charge in [0.25, 0.3) is 0 Å². The van der Waals surface area contributed by atoms with Crippen LogP contribution in [0.3, 0.4) is 0 Å². The average molecular weight is 292 g/mol. The SMILES string of the molecule is CCCOc1ccnc(NCC(Cl)c2ccccc2)n1. The van der Waals surface area contributed by atoms with E-state index in [9.17, 15) is 0 Å². The zero-order valence-electron chi connectivity index (χ0n) is 11.4. The quantitative estimate of drug-likeness (QED) is 0.791. The molecule has 0 spiro atoms. The lowest BCUT2D eigenvalue weighted by Gasteiger charge is -2.11. The van der Waals surface area contributed by atoms with Gasteiger partial charge < -0.3 is 10.1 Å². The first-order chi connectivity index (χ1) is 9.79. The molecule has 0 aliphatic carbocycles. The third-order valence-corrected chi connectivity index (χ3v) is 3.09. The van der Waals surface area contributed by atoms with Crippen molar-refractivity contribution in [3.63, 3.8) is 0 Å². The number of hydrogen-bond acceptors (Lipinski definition) is 4. The highest BCUT2D eigenvalue weighted by molar-refractivity contribution is 6.21. The fraction of sp³-hybridized carbons (Fsp3) is 0.333. The Bertz CT molecular complexity index is 522. The molecule has 0 amide bonds. The number of anilines is 1. The zero-order valence-corrected chi connectivity index (χ0v) is 12.2. The Hall–Kier alpha value is -1.81. The predicted molar refractivity (Wildman–Crippen MR) is 81.3 cm³/mol. The number of halogens is 1. The Balaban J connectivity index is 1.90. The molecule has 1 aromatic heterocycles.